The Bertz CT molecular complexity index is 331. The summed E-state index contributed by atoms with van der Waals surface area (Å²) >= 11 is 0. The van der Waals surface area contributed by atoms with E-state index >= 15 is 0 Å². The predicted octanol–water partition coefficient (Wildman–Crippen LogP) is 1.52. The standard InChI is InChI=1S/C12H18N2/c1-8(13)12(14)11-6-5-9-3-2-4-10(9)7-11/h5-8,12H,2-4,13-14H2,1H3. The van der Waals surface area contributed by atoms with E-state index in [1.54, 1.807) is 0 Å². The van der Waals surface area contributed by atoms with Crippen LogP contribution in [0.2, 0.25) is 0 Å². The molecule has 2 atom stereocenters. The number of hydrogen-bond donors (Lipinski definition) is 2. The zero-order chi connectivity index (χ0) is 10.1. The van der Waals surface area contributed by atoms with Crippen molar-refractivity contribution in [1.29, 1.82) is 0 Å². The van der Waals surface area contributed by atoms with Crippen LogP contribution in [0.15, 0.2) is 18.2 Å². The highest BCUT2D eigenvalue weighted by Gasteiger charge is 2.15. The van der Waals surface area contributed by atoms with Gasteiger partial charge in [-0.3, -0.25) is 0 Å². The van der Waals surface area contributed by atoms with Crippen LogP contribution in [0.1, 0.15) is 36.1 Å². The molecule has 2 nitrogen and oxygen atoms in total. The molecule has 0 heterocycles. The fourth-order valence-corrected chi connectivity index (χ4v) is 2.10. The van der Waals surface area contributed by atoms with Gasteiger partial charge in [0.05, 0.1) is 0 Å². The van der Waals surface area contributed by atoms with Gasteiger partial charge in [0.2, 0.25) is 0 Å². The van der Waals surface area contributed by atoms with Crippen LogP contribution in [0.3, 0.4) is 0 Å². The van der Waals surface area contributed by atoms with Crippen molar-refractivity contribution >= 4 is 0 Å². The van der Waals surface area contributed by atoms with Crippen molar-refractivity contribution in [2.24, 2.45) is 11.5 Å². The molecule has 1 aliphatic rings. The van der Waals surface area contributed by atoms with Gasteiger partial charge in [0.15, 0.2) is 0 Å². The third-order valence-corrected chi connectivity index (χ3v) is 3.07. The molecule has 0 saturated heterocycles. The van der Waals surface area contributed by atoms with Gasteiger partial charge in [-0.05, 0) is 42.9 Å². The van der Waals surface area contributed by atoms with Gasteiger partial charge in [-0.25, -0.2) is 0 Å². The molecule has 0 bridgehead atoms. The molecule has 0 saturated carbocycles. The van der Waals surface area contributed by atoms with Crippen molar-refractivity contribution in [3.63, 3.8) is 0 Å². The highest BCUT2D eigenvalue weighted by molar-refractivity contribution is 5.36. The lowest BCUT2D eigenvalue weighted by atomic mass is 9.98. The van der Waals surface area contributed by atoms with Gasteiger partial charge in [0, 0.05) is 12.1 Å². The van der Waals surface area contributed by atoms with E-state index in [4.69, 9.17) is 11.5 Å². The summed E-state index contributed by atoms with van der Waals surface area (Å²) in [7, 11) is 0. The molecule has 0 aromatic heterocycles. The molecule has 2 rings (SSSR count). The summed E-state index contributed by atoms with van der Waals surface area (Å²) in [5.41, 5.74) is 15.9. The number of aryl methyl sites for hydroxylation is 2. The molecular weight excluding hydrogens is 172 g/mol. The molecule has 0 aliphatic heterocycles. The van der Waals surface area contributed by atoms with E-state index in [0.29, 0.717) is 0 Å². The molecule has 4 N–H and O–H groups in total. The van der Waals surface area contributed by atoms with E-state index in [-0.39, 0.29) is 12.1 Å². The second-order valence-electron chi connectivity index (χ2n) is 4.27. The van der Waals surface area contributed by atoms with Crippen molar-refractivity contribution in [3.8, 4) is 0 Å². The molecule has 14 heavy (non-hydrogen) atoms. The Hall–Kier alpha value is -0.860. The van der Waals surface area contributed by atoms with Crippen molar-refractivity contribution in [1.82, 2.24) is 0 Å². The molecule has 76 valence electrons. The normalized spacial score (nSPS) is 19.1. The predicted molar refractivity (Wildman–Crippen MR) is 59.0 cm³/mol. The lowest BCUT2D eigenvalue weighted by molar-refractivity contribution is 0.588. The summed E-state index contributed by atoms with van der Waals surface area (Å²) in [6, 6.07) is 6.56. The van der Waals surface area contributed by atoms with Gasteiger partial charge < -0.3 is 11.5 Å². The smallest absolute Gasteiger partial charge is 0.0446 e. The number of fused-ring (bicyclic) bond motifs is 1. The molecular formula is C12H18N2. The Balaban J connectivity index is 2.28. The Kier molecular flexibility index (Phi) is 2.57. The van der Waals surface area contributed by atoms with Gasteiger partial charge >= 0.3 is 0 Å². The average Bonchev–Trinajstić information content (AvgIpc) is 2.62. The van der Waals surface area contributed by atoms with Crippen LogP contribution >= 0.6 is 0 Å². The van der Waals surface area contributed by atoms with E-state index in [9.17, 15) is 0 Å². The van der Waals surface area contributed by atoms with Crippen molar-refractivity contribution in [3.05, 3.63) is 34.9 Å². The van der Waals surface area contributed by atoms with E-state index in [1.165, 1.54) is 36.0 Å². The van der Waals surface area contributed by atoms with E-state index in [0.717, 1.165) is 0 Å². The van der Waals surface area contributed by atoms with Crippen LogP contribution in [-0.4, -0.2) is 6.04 Å². The monoisotopic (exact) mass is 190 g/mol. The van der Waals surface area contributed by atoms with E-state index in [2.05, 4.69) is 18.2 Å². The van der Waals surface area contributed by atoms with Gasteiger partial charge in [-0.2, -0.15) is 0 Å². The minimum Gasteiger partial charge on any atom is -0.326 e. The molecule has 1 aromatic carbocycles. The fraction of sp³-hybridized carbons (Fsp3) is 0.500. The van der Waals surface area contributed by atoms with Crippen molar-refractivity contribution in [2.45, 2.75) is 38.3 Å². The van der Waals surface area contributed by atoms with Crippen LogP contribution in [0.4, 0.5) is 0 Å². The Morgan fingerprint density at radius 3 is 2.57 bits per heavy atom. The minimum atomic E-state index is -0.0269. The summed E-state index contributed by atoms with van der Waals surface area (Å²) in [5, 5.41) is 0. The van der Waals surface area contributed by atoms with Crippen LogP contribution in [-0.2, 0) is 12.8 Å². The molecule has 1 aromatic rings. The quantitative estimate of drug-likeness (QED) is 0.743. The lowest BCUT2D eigenvalue weighted by Crippen LogP contribution is -2.31. The molecule has 0 amide bonds. The summed E-state index contributed by atoms with van der Waals surface area (Å²) in [6.45, 7) is 1.96. The van der Waals surface area contributed by atoms with Gasteiger partial charge in [-0.15, -0.1) is 0 Å². The zero-order valence-corrected chi connectivity index (χ0v) is 8.66. The number of rotatable bonds is 2. The maximum absolute atomic E-state index is 6.01. The highest BCUT2D eigenvalue weighted by atomic mass is 14.8. The van der Waals surface area contributed by atoms with E-state index in [1.807, 2.05) is 6.92 Å². The first kappa shape index (κ1) is 9.69. The maximum atomic E-state index is 6.01. The third kappa shape index (κ3) is 1.68. The van der Waals surface area contributed by atoms with Crippen LogP contribution in [0, 0.1) is 0 Å². The summed E-state index contributed by atoms with van der Waals surface area (Å²) in [6.07, 6.45) is 3.71. The van der Waals surface area contributed by atoms with Crippen LogP contribution in [0.25, 0.3) is 0 Å². The van der Waals surface area contributed by atoms with Crippen LogP contribution in [0.5, 0.6) is 0 Å². The Morgan fingerprint density at radius 2 is 1.86 bits per heavy atom. The van der Waals surface area contributed by atoms with Crippen LogP contribution < -0.4 is 11.5 Å². The Morgan fingerprint density at radius 1 is 1.14 bits per heavy atom. The van der Waals surface area contributed by atoms with Gasteiger partial charge in [0.1, 0.15) is 0 Å². The first-order valence-electron chi connectivity index (χ1n) is 5.31. The number of hydrogen-bond acceptors (Lipinski definition) is 2. The molecule has 0 spiro atoms. The second-order valence-corrected chi connectivity index (χ2v) is 4.27. The summed E-state index contributed by atoms with van der Waals surface area (Å²) in [5.74, 6) is 0. The molecule has 0 radical (unpaired) electrons. The Labute approximate surface area is 85.3 Å². The molecule has 2 heteroatoms. The molecule has 2 unspecified atom stereocenters. The highest BCUT2D eigenvalue weighted by Crippen LogP contribution is 2.25. The van der Waals surface area contributed by atoms with Gasteiger partial charge in [0.25, 0.3) is 0 Å². The number of nitrogens with two attached hydrogens (primary N) is 2. The third-order valence-electron chi connectivity index (χ3n) is 3.07. The average molecular weight is 190 g/mol. The summed E-state index contributed by atoms with van der Waals surface area (Å²) < 4.78 is 0. The SMILES string of the molecule is CC(N)C(N)c1ccc2c(c1)CCC2. The fourth-order valence-electron chi connectivity index (χ4n) is 2.10. The van der Waals surface area contributed by atoms with Crippen molar-refractivity contribution in [2.75, 3.05) is 0 Å². The van der Waals surface area contributed by atoms with E-state index < -0.39 is 0 Å². The first-order valence-corrected chi connectivity index (χ1v) is 5.31. The minimum absolute atomic E-state index is 0.0226. The summed E-state index contributed by atoms with van der Waals surface area (Å²) in [4.78, 5) is 0. The molecule has 0 fully saturated rings. The zero-order valence-electron chi connectivity index (χ0n) is 8.66. The lowest BCUT2D eigenvalue weighted by Gasteiger charge is -2.16. The second kappa shape index (κ2) is 3.71. The van der Waals surface area contributed by atoms with Crippen molar-refractivity contribution < 1.29 is 0 Å². The maximum Gasteiger partial charge on any atom is 0.0446 e. The number of benzene rings is 1. The molecule has 1 aliphatic carbocycles. The van der Waals surface area contributed by atoms with Gasteiger partial charge in [-0.1, -0.05) is 18.2 Å². The topological polar surface area (TPSA) is 52.0 Å². The largest absolute Gasteiger partial charge is 0.326 e. The first-order chi connectivity index (χ1) is 6.68.